The molecule has 2 N–H and O–H groups in total. The normalized spacial score (nSPS) is 13.8. The van der Waals surface area contributed by atoms with Crippen LogP contribution in [0.5, 0.6) is 0 Å². The lowest BCUT2D eigenvalue weighted by Crippen LogP contribution is -2.53. The van der Waals surface area contributed by atoms with E-state index in [2.05, 4.69) is 17.6 Å². The summed E-state index contributed by atoms with van der Waals surface area (Å²) < 4.78 is -1.54. The van der Waals surface area contributed by atoms with Crippen molar-refractivity contribution < 1.29 is 4.79 Å². The molecule has 102 valence electrons. The van der Waals surface area contributed by atoms with Crippen LogP contribution >= 0.6 is 34.8 Å². The summed E-state index contributed by atoms with van der Waals surface area (Å²) in [4.78, 5) is 11.6. The van der Waals surface area contributed by atoms with Gasteiger partial charge in [-0.2, -0.15) is 0 Å². The van der Waals surface area contributed by atoms with Gasteiger partial charge in [-0.25, -0.2) is 0 Å². The van der Waals surface area contributed by atoms with Crippen molar-refractivity contribution in [2.45, 2.75) is 50.0 Å². The minimum absolute atomic E-state index is 0.111. The highest BCUT2D eigenvalue weighted by Crippen LogP contribution is 2.29. The van der Waals surface area contributed by atoms with E-state index in [0.717, 1.165) is 12.8 Å². The fourth-order valence-corrected chi connectivity index (χ4v) is 1.66. The molecule has 6 heteroatoms. The van der Waals surface area contributed by atoms with Crippen molar-refractivity contribution in [1.29, 1.82) is 0 Å². The van der Waals surface area contributed by atoms with E-state index in [9.17, 15) is 4.79 Å². The monoisotopic (exact) mass is 302 g/mol. The molecule has 3 nitrogen and oxygen atoms in total. The molecule has 0 aromatic heterocycles. The lowest BCUT2D eigenvalue weighted by atomic mass is 10.1. The fraction of sp³-hybridized carbons (Fsp3) is 0.909. The number of hydrogen-bond acceptors (Lipinski definition) is 2. The van der Waals surface area contributed by atoms with Gasteiger partial charge in [-0.05, 0) is 18.9 Å². The number of alkyl halides is 3. The molecule has 0 aromatic rings. The molecular formula is C11H21Cl3N2O. The molecule has 0 unspecified atom stereocenters. The first kappa shape index (κ1) is 17.3. The Hall–Kier alpha value is 0.300. The number of unbranched alkanes of at least 4 members (excludes halogenated alkanes) is 1. The predicted molar refractivity (Wildman–Crippen MR) is 74.6 cm³/mol. The van der Waals surface area contributed by atoms with Crippen LogP contribution in [0.4, 0.5) is 0 Å². The van der Waals surface area contributed by atoms with Gasteiger partial charge in [0.2, 0.25) is 9.70 Å². The Kier molecular flexibility index (Phi) is 8.56. The molecular weight excluding hydrogens is 282 g/mol. The largest absolute Gasteiger partial charge is 0.337 e. The topological polar surface area (TPSA) is 41.1 Å². The molecule has 1 amide bonds. The number of halogens is 3. The second kappa shape index (κ2) is 8.41. The maximum atomic E-state index is 11.6. The molecule has 0 fully saturated rings. The zero-order valence-corrected chi connectivity index (χ0v) is 12.8. The van der Waals surface area contributed by atoms with Crippen LogP contribution in [0.25, 0.3) is 0 Å². The van der Waals surface area contributed by atoms with Gasteiger partial charge in [-0.3, -0.25) is 10.1 Å². The molecule has 0 heterocycles. The smallest absolute Gasteiger partial charge is 0.223 e. The van der Waals surface area contributed by atoms with Crippen molar-refractivity contribution in [3.05, 3.63) is 0 Å². The van der Waals surface area contributed by atoms with Crippen LogP contribution in [0.1, 0.15) is 40.0 Å². The third kappa shape index (κ3) is 8.95. The summed E-state index contributed by atoms with van der Waals surface area (Å²) >= 11 is 17.4. The molecule has 0 saturated carbocycles. The standard InChI is InChI=1S/C11H21Cl3N2O/c1-4-5-6-15-10(11(12,13)14)16-9(17)7-8(2)3/h8,10,15H,4-7H2,1-3H3,(H,16,17)/t10-/m1/s1. The van der Waals surface area contributed by atoms with Gasteiger partial charge in [0.15, 0.2) is 0 Å². The summed E-state index contributed by atoms with van der Waals surface area (Å²) in [5, 5.41) is 5.74. The highest BCUT2D eigenvalue weighted by Gasteiger charge is 2.33. The van der Waals surface area contributed by atoms with Gasteiger partial charge in [0.25, 0.3) is 0 Å². The quantitative estimate of drug-likeness (QED) is 0.431. The van der Waals surface area contributed by atoms with Gasteiger partial charge in [-0.15, -0.1) is 0 Å². The minimum atomic E-state index is -1.54. The zero-order valence-electron chi connectivity index (χ0n) is 10.5. The second-order valence-electron chi connectivity index (χ2n) is 4.45. The lowest BCUT2D eigenvalue weighted by Gasteiger charge is -2.27. The molecule has 0 aliphatic heterocycles. The molecule has 0 radical (unpaired) electrons. The maximum absolute atomic E-state index is 11.6. The first-order valence-corrected chi connectivity index (χ1v) is 7.00. The molecule has 0 aromatic carbocycles. The zero-order chi connectivity index (χ0) is 13.5. The highest BCUT2D eigenvalue weighted by molar-refractivity contribution is 6.68. The van der Waals surface area contributed by atoms with Crippen molar-refractivity contribution in [2.75, 3.05) is 6.54 Å². The average Bonchev–Trinajstić information content (AvgIpc) is 2.13. The van der Waals surface area contributed by atoms with Crippen molar-refractivity contribution in [3.8, 4) is 0 Å². The van der Waals surface area contributed by atoms with Crippen molar-refractivity contribution in [3.63, 3.8) is 0 Å². The van der Waals surface area contributed by atoms with Crippen LogP contribution in [0.3, 0.4) is 0 Å². The van der Waals surface area contributed by atoms with E-state index in [1.807, 2.05) is 13.8 Å². The first-order chi connectivity index (χ1) is 7.77. The molecule has 0 rings (SSSR count). The molecule has 1 atom stereocenters. The summed E-state index contributed by atoms with van der Waals surface area (Å²) in [5.74, 6) is 0.169. The van der Waals surface area contributed by atoms with E-state index in [-0.39, 0.29) is 11.8 Å². The summed E-state index contributed by atoms with van der Waals surface area (Å²) in [5.41, 5.74) is 0. The Morgan fingerprint density at radius 2 is 1.88 bits per heavy atom. The van der Waals surface area contributed by atoms with E-state index < -0.39 is 9.96 Å². The Morgan fingerprint density at radius 1 is 1.29 bits per heavy atom. The predicted octanol–water partition coefficient (Wildman–Crippen LogP) is 3.23. The molecule has 0 aliphatic rings. The highest BCUT2D eigenvalue weighted by atomic mass is 35.6. The van der Waals surface area contributed by atoms with Gasteiger partial charge in [0.05, 0.1) is 0 Å². The first-order valence-electron chi connectivity index (χ1n) is 5.86. The lowest BCUT2D eigenvalue weighted by molar-refractivity contribution is -0.122. The molecule has 0 aliphatic carbocycles. The van der Waals surface area contributed by atoms with Crippen LogP contribution in [0.15, 0.2) is 0 Å². The van der Waals surface area contributed by atoms with Crippen LogP contribution in [-0.2, 0) is 4.79 Å². The van der Waals surface area contributed by atoms with Crippen LogP contribution in [-0.4, -0.2) is 22.4 Å². The molecule has 0 saturated heterocycles. The van der Waals surface area contributed by atoms with Crippen LogP contribution < -0.4 is 10.6 Å². The van der Waals surface area contributed by atoms with Gasteiger partial charge in [0, 0.05) is 6.42 Å². The van der Waals surface area contributed by atoms with E-state index >= 15 is 0 Å². The van der Waals surface area contributed by atoms with Crippen LogP contribution in [0.2, 0.25) is 0 Å². The number of carbonyl (C=O) groups excluding carboxylic acids is 1. The number of nitrogens with one attached hydrogen (secondary N) is 2. The summed E-state index contributed by atoms with van der Waals surface area (Å²) in [6.45, 7) is 6.71. The van der Waals surface area contributed by atoms with Gasteiger partial charge in [-0.1, -0.05) is 62.0 Å². The SMILES string of the molecule is CCCCN[C@H](NC(=O)CC(C)C)C(Cl)(Cl)Cl. The van der Waals surface area contributed by atoms with Gasteiger partial charge < -0.3 is 5.32 Å². The number of rotatable bonds is 7. The Bertz CT molecular complexity index is 229. The minimum Gasteiger partial charge on any atom is -0.337 e. The summed E-state index contributed by atoms with van der Waals surface area (Å²) in [6, 6.07) is 0. The van der Waals surface area contributed by atoms with Crippen molar-refractivity contribution in [2.24, 2.45) is 5.92 Å². The third-order valence-electron chi connectivity index (χ3n) is 2.11. The van der Waals surface area contributed by atoms with Gasteiger partial charge >= 0.3 is 0 Å². The Balaban J connectivity index is 4.24. The fourth-order valence-electron chi connectivity index (χ4n) is 1.26. The summed E-state index contributed by atoms with van der Waals surface area (Å²) in [7, 11) is 0. The van der Waals surface area contributed by atoms with E-state index in [4.69, 9.17) is 34.8 Å². The van der Waals surface area contributed by atoms with Crippen molar-refractivity contribution >= 4 is 40.7 Å². The molecule has 17 heavy (non-hydrogen) atoms. The Morgan fingerprint density at radius 3 is 2.29 bits per heavy atom. The van der Waals surface area contributed by atoms with Gasteiger partial charge in [0.1, 0.15) is 6.17 Å². The molecule has 0 spiro atoms. The van der Waals surface area contributed by atoms with Crippen LogP contribution in [0, 0.1) is 5.92 Å². The summed E-state index contributed by atoms with van der Waals surface area (Å²) in [6.07, 6.45) is 1.79. The Labute approximate surface area is 119 Å². The van der Waals surface area contributed by atoms with E-state index in [0.29, 0.717) is 13.0 Å². The average molecular weight is 304 g/mol. The third-order valence-corrected chi connectivity index (χ3v) is 2.76. The van der Waals surface area contributed by atoms with E-state index in [1.165, 1.54) is 0 Å². The van der Waals surface area contributed by atoms with E-state index in [1.54, 1.807) is 0 Å². The number of amides is 1. The molecule has 0 bridgehead atoms. The second-order valence-corrected chi connectivity index (χ2v) is 6.82. The maximum Gasteiger partial charge on any atom is 0.223 e. The number of hydrogen-bond donors (Lipinski definition) is 2. The number of carbonyl (C=O) groups is 1. The van der Waals surface area contributed by atoms with Crippen molar-refractivity contribution in [1.82, 2.24) is 10.6 Å².